The Morgan fingerprint density at radius 2 is 1.92 bits per heavy atom. The van der Waals surface area contributed by atoms with E-state index in [0.717, 1.165) is 16.5 Å². The molecule has 0 aliphatic heterocycles. The van der Waals surface area contributed by atoms with Crippen molar-refractivity contribution in [1.29, 1.82) is 0 Å². The molecule has 3 rings (SSSR count). The molecule has 26 heavy (non-hydrogen) atoms. The number of aliphatic hydroxyl groups is 1. The summed E-state index contributed by atoms with van der Waals surface area (Å²) in [5, 5.41) is 13.7. The van der Waals surface area contributed by atoms with Gasteiger partial charge in [-0.25, -0.2) is 9.37 Å². The second-order valence-electron chi connectivity index (χ2n) is 6.16. The van der Waals surface area contributed by atoms with Crippen molar-refractivity contribution in [2.24, 2.45) is 11.7 Å². The molecule has 0 saturated carbocycles. The molecule has 134 valence electrons. The summed E-state index contributed by atoms with van der Waals surface area (Å²) < 4.78 is 13.0. The summed E-state index contributed by atoms with van der Waals surface area (Å²) in [6.45, 7) is 0.102. The minimum atomic E-state index is -0.486. The number of hydrogen-bond donors (Lipinski definition) is 3. The van der Waals surface area contributed by atoms with Crippen LogP contribution in [0.2, 0.25) is 0 Å². The Morgan fingerprint density at radius 3 is 2.62 bits per heavy atom. The Labute approximate surface area is 150 Å². The van der Waals surface area contributed by atoms with Crippen LogP contribution in [0.3, 0.4) is 0 Å². The monoisotopic (exact) mass is 353 g/mol. The van der Waals surface area contributed by atoms with E-state index in [1.807, 2.05) is 30.3 Å². The van der Waals surface area contributed by atoms with Crippen LogP contribution in [0, 0.1) is 11.7 Å². The standard InChI is InChI=1S/C20H20FN3O2/c21-17-7-5-13(6-8-17)9-15(19(22)26)11-23-20-16(12-25)10-14-3-1-2-4-18(14)24-20/h1-8,10,15,25H,9,11-12H2,(H2,22,26)(H,23,24). The fraction of sp³-hybridized carbons (Fsp3) is 0.200. The minimum absolute atomic E-state index is 0.167. The molecule has 0 spiro atoms. The molecule has 1 heterocycles. The number of fused-ring (bicyclic) bond motifs is 1. The third-order valence-corrected chi connectivity index (χ3v) is 4.29. The van der Waals surface area contributed by atoms with Crippen LogP contribution in [0.4, 0.5) is 10.2 Å². The van der Waals surface area contributed by atoms with Gasteiger partial charge < -0.3 is 16.2 Å². The smallest absolute Gasteiger partial charge is 0.222 e. The summed E-state index contributed by atoms with van der Waals surface area (Å²) in [4.78, 5) is 16.3. The van der Waals surface area contributed by atoms with Gasteiger partial charge in [0.15, 0.2) is 0 Å². The summed E-state index contributed by atoms with van der Waals surface area (Å²) >= 11 is 0. The topological polar surface area (TPSA) is 88.2 Å². The lowest BCUT2D eigenvalue weighted by atomic mass is 9.98. The molecule has 0 fully saturated rings. The summed E-state index contributed by atoms with van der Waals surface area (Å²) in [7, 11) is 0. The van der Waals surface area contributed by atoms with Crippen LogP contribution in [-0.4, -0.2) is 22.5 Å². The first kappa shape index (κ1) is 17.8. The number of aromatic nitrogens is 1. The number of primary amides is 1. The average molecular weight is 353 g/mol. The van der Waals surface area contributed by atoms with Crippen molar-refractivity contribution in [3.05, 3.63) is 71.5 Å². The summed E-state index contributed by atoms with van der Waals surface area (Å²) in [6.07, 6.45) is 0.394. The largest absolute Gasteiger partial charge is 0.392 e. The number of hydrogen-bond acceptors (Lipinski definition) is 4. The highest BCUT2D eigenvalue weighted by molar-refractivity contribution is 5.82. The lowest BCUT2D eigenvalue weighted by molar-refractivity contribution is -0.121. The molecule has 5 nitrogen and oxygen atoms in total. The Morgan fingerprint density at radius 1 is 1.19 bits per heavy atom. The third kappa shape index (κ3) is 4.15. The number of para-hydroxylation sites is 1. The number of anilines is 1. The quantitative estimate of drug-likeness (QED) is 0.609. The first-order valence-electron chi connectivity index (χ1n) is 8.34. The lowest BCUT2D eigenvalue weighted by Gasteiger charge is -2.17. The van der Waals surface area contributed by atoms with E-state index in [2.05, 4.69) is 10.3 Å². The molecular weight excluding hydrogens is 333 g/mol. The first-order valence-corrected chi connectivity index (χ1v) is 8.34. The SMILES string of the molecule is NC(=O)C(CNc1nc2ccccc2cc1CO)Cc1ccc(F)cc1. The van der Waals surface area contributed by atoms with Gasteiger partial charge >= 0.3 is 0 Å². The van der Waals surface area contributed by atoms with Gasteiger partial charge in [-0.05, 0) is 36.2 Å². The summed E-state index contributed by atoms with van der Waals surface area (Å²) in [6, 6.07) is 15.5. The van der Waals surface area contributed by atoms with Gasteiger partial charge in [-0.2, -0.15) is 0 Å². The van der Waals surface area contributed by atoms with Crippen molar-refractivity contribution in [2.45, 2.75) is 13.0 Å². The third-order valence-electron chi connectivity index (χ3n) is 4.29. The number of carbonyl (C=O) groups is 1. The molecule has 1 atom stereocenters. The predicted octanol–water partition coefficient (Wildman–Crippen LogP) is 2.62. The Balaban J connectivity index is 1.77. The number of rotatable bonds is 7. The van der Waals surface area contributed by atoms with E-state index in [0.29, 0.717) is 17.8 Å². The number of pyridine rings is 1. The van der Waals surface area contributed by atoms with Gasteiger partial charge in [0.25, 0.3) is 0 Å². The molecule has 0 radical (unpaired) electrons. The minimum Gasteiger partial charge on any atom is -0.392 e. The zero-order valence-electron chi connectivity index (χ0n) is 14.2. The maximum Gasteiger partial charge on any atom is 0.222 e. The highest BCUT2D eigenvalue weighted by Gasteiger charge is 2.17. The number of aliphatic hydroxyl groups excluding tert-OH is 1. The Hall–Kier alpha value is -2.99. The zero-order chi connectivity index (χ0) is 18.5. The van der Waals surface area contributed by atoms with Crippen molar-refractivity contribution in [3.8, 4) is 0 Å². The van der Waals surface area contributed by atoms with Crippen LogP contribution < -0.4 is 11.1 Å². The normalized spacial score (nSPS) is 12.1. The number of benzene rings is 2. The van der Waals surface area contributed by atoms with Crippen molar-refractivity contribution < 1.29 is 14.3 Å². The Kier molecular flexibility index (Phi) is 5.43. The van der Waals surface area contributed by atoms with Gasteiger partial charge in [-0.15, -0.1) is 0 Å². The zero-order valence-corrected chi connectivity index (χ0v) is 14.2. The molecule has 1 unspecified atom stereocenters. The van der Waals surface area contributed by atoms with Crippen LogP contribution in [-0.2, 0) is 17.8 Å². The number of nitrogens with zero attached hydrogens (tertiary/aromatic N) is 1. The molecule has 4 N–H and O–H groups in total. The highest BCUT2D eigenvalue weighted by Crippen LogP contribution is 2.21. The van der Waals surface area contributed by atoms with E-state index in [1.165, 1.54) is 12.1 Å². The molecule has 1 aromatic heterocycles. The van der Waals surface area contributed by atoms with Gasteiger partial charge in [0.2, 0.25) is 5.91 Å². The molecule has 0 aliphatic rings. The van der Waals surface area contributed by atoms with Crippen molar-refractivity contribution in [3.63, 3.8) is 0 Å². The van der Waals surface area contributed by atoms with Gasteiger partial charge in [0.1, 0.15) is 11.6 Å². The van der Waals surface area contributed by atoms with Crippen molar-refractivity contribution in [2.75, 3.05) is 11.9 Å². The molecule has 1 amide bonds. The molecule has 6 heteroatoms. The fourth-order valence-corrected chi connectivity index (χ4v) is 2.83. The van der Waals surface area contributed by atoms with Crippen LogP contribution in [0.5, 0.6) is 0 Å². The first-order chi connectivity index (χ1) is 12.6. The average Bonchev–Trinajstić information content (AvgIpc) is 2.65. The molecule has 0 saturated heterocycles. The summed E-state index contributed by atoms with van der Waals surface area (Å²) in [5.41, 5.74) is 7.78. The number of halogens is 1. The maximum absolute atomic E-state index is 13.0. The van der Waals surface area contributed by atoms with Crippen LogP contribution in [0.1, 0.15) is 11.1 Å². The lowest BCUT2D eigenvalue weighted by Crippen LogP contribution is -2.31. The molecule has 0 bridgehead atoms. The van der Waals surface area contributed by atoms with Crippen LogP contribution in [0.25, 0.3) is 10.9 Å². The Bertz CT molecular complexity index is 913. The van der Waals surface area contributed by atoms with Crippen molar-refractivity contribution in [1.82, 2.24) is 4.98 Å². The van der Waals surface area contributed by atoms with Crippen molar-refractivity contribution >= 4 is 22.6 Å². The van der Waals surface area contributed by atoms with E-state index in [9.17, 15) is 14.3 Å². The number of nitrogens with one attached hydrogen (secondary N) is 1. The molecule has 3 aromatic rings. The molecular formula is C20H20FN3O2. The van der Waals surface area contributed by atoms with E-state index in [4.69, 9.17) is 5.73 Å². The van der Waals surface area contributed by atoms with Crippen LogP contribution in [0.15, 0.2) is 54.6 Å². The predicted molar refractivity (Wildman–Crippen MR) is 98.9 cm³/mol. The molecule has 2 aromatic carbocycles. The van der Waals surface area contributed by atoms with E-state index < -0.39 is 11.8 Å². The highest BCUT2D eigenvalue weighted by atomic mass is 19.1. The number of carbonyl (C=O) groups excluding carboxylic acids is 1. The second kappa shape index (κ2) is 7.93. The fourth-order valence-electron chi connectivity index (χ4n) is 2.83. The van der Waals surface area contributed by atoms with Crippen LogP contribution >= 0.6 is 0 Å². The molecule has 0 aliphatic carbocycles. The number of nitrogens with two attached hydrogens (primary N) is 1. The van der Waals surface area contributed by atoms with Gasteiger partial charge in [0.05, 0.1) is 18.0 Å². The van der Waals surface area contributed by atoms with Gasteiger partial charge in [0, 0.05) is 17.5 Å². The van der Waals surface area contributed by atoms with E-state index in [1.54, 1.807) is 12.1 Å². The van der Waals surface area contributed by atoms with Gasteiger partial charge in [-0.3, -0.25) is 4.79 Å². The van der Waals surface area contributed by atoms with E-state index >= 15 is 0 Å². The van der Waals surface area contributed by atoms with Gasteiger partial charge in [-0.1, -0.05) is 30.3 Å². The summed E-state index contributed by atoms with van der Waals surface area (Å²) in [5.74, 6) is -0.736. The maximum atomic E-state index is 13.0. The second-order valence-corrected chi connectivity index (χ2v) is 6.16. The van der Waals surface area contributed by atoms with E-state index in [-0.39, 0.29) is 19.0 Å². The number of amides is 1.